The SMILES string of the molecule is Cc1ccccc1Sc1c(Cl)cccc1CN. The molecule has 2 N–H and O–H groups in total. The van der Waals surface area contributed by atoms with Crippen LogP contribution in [0.1, 0.15) is 11.1 Å². The van der Waals surface area contributed by atoms with E-state index in [0.717, 1.165) is 15.5 Å². The van der Waals surface area contributed by atoms with E-state index in [2.05, 4.69) is 19.1 Å². The van der Waals surface area contributed by atoms with Gasteiger partial charge in [-0.25, -0.2) is 0 Å². The van der Waals surface area contributed by atoms with Crippen LogP contribution in [0.25, 0.3) is 0 Å². The molecule has 2 aromatic rings. The van der Waals surface area contributed by atoms with E-state index < -0.39 is 0 Å². The van der Waals surface area contributed by atoms with Gasteiger partial charge in [-0.3, -0.25) is 0 Å². The molecular formula is C14H14ClNS. The lowest BCUT2D eigenvalue weighted by Crippen LogP contribution is -1.98. The average Bonchev–Trinajstić information content (AvgIpc) is 2.34. The quantitative estimate of drug-likeness (QED) is 0.896. The first-order valence-electron chi connectivity index (χ1n) is 5.43. The predicted molar refractivity (Wildman–Crippen MR) is 74.6 cm³/mol. The van der Waals surface area contributed by atoms with Crippen molar-refractivity contribution in [2.75, 3.05) is 0 Å². The molecule has 17 heavy (non-hydrogen) atoms. The Morgan fingerprint density at radius 3 is 2.59 bits per heavy atom. The van der Waals surface area contributed by atoms with Crippen molar-refractivity contribution in [3.8, 4) is 0 Å². The van der Waals surface area contributed by atoms with Crippen LogP contribution in [0.15, 0.2) is 52.3 Å². The summed E-state index contributed by atoms with van der Waals surface area (Å²) in [6.45, 7) is 2.61. The molecule has 2 rings (SSSR count). The van der Waals surface area contributed by atoms with Gasteiger partial charge in [0.1, 0.15) is 0 Å². The van der Waals surface area contributed by atoms with Gasteiger partial charge in [0.25, 0.3) is 0 Å². The second-order valence-electron chi connectivity index (χ2n) is 3.80. The Kier molecular flexibility index (Phi) is 4.11. The van der Waals surface area contributed by atoms with E-state index in [4.69, 9.17) is 17.3 Å². The van der Waals surface area contributed by atoms with Crippen LogP contribution in [0.3, 0.4) is 0 Å². The Morgan fingerprint density at radius 2 is 1.88 bits per heavy atom. The Labute approximate surface area is 111 Å². The number of nitrogens with two attached hydrogens (primary N) is 1. The van der Waals surface area contributed by atoms with Crippen molar-refractivity contribution >= 4 is 23.4 Å². The minimum Gasteiger partial charge on any atom is -0.326 e. The number of rotatable bonds is 3. The zero-order chi connectivity index (χ0) is 12.3. The van der Waals surface area contributed by atoms with E-state index in [1.165, 1.54) is 10.5 Å². The van der Waals surface area contributed by atoms with Gasteiger partial charge in [0.2, 0.25) is 0 Å². The predicted octanol–water partition coefficient (Wildman–Crippen LogP) is 4.26. The molecule has 0 fully saturated rings. The standard InChI is InChI=1S/C14H14ClNS/c1-10-5-2-3-8-13(10)17-14-11(9-16)6-4-7-12(14)15/h2-8H,9,16H2,1H3. The molecule has 0 aliphatic carbocycles. The first kappa shape index (κ1) is 12.5. The molecule has 0 aliphatic rings. The average molecular weight is 264 g/mol. The minimum absolute atomic E-state index is 0.509. The zero-order valence-electron chi connectivity index (χ0n) is 9.61. The first-order valence-corrected chi connectivity index (χ1v) is 6.62. The molecule has 0 aliphatic heterocycles. The van der Waals surface area contributed by atoms with Crippen LogP contribution >= 0.6 is 23.4 Å². The molecule has 0 saturated heterocycles. The van der Waals surface area contributed by atoms with E-state index in [0.29, 0.717) is 6.54 Å². The molecule has 1 nitrogen and oxygen atoms in total. The van der Waals surface area contributed by atoms with E-state index in [1.54, 1.807) is 11.8 Å². The van der Waals surface area contributed by atoms with Gasteiger partial charge in [-0.05, 0) is 30.2 Å². The molecule has 0 bridgehead atoms. The van der Waals surface area contributed by atoms with Gasteiger partial charge in [0.15, 0.2) is 0 Å². The van der Waals surface area contributed by atoms with Crippen LogP contribution in [-0.4, -0.2) is 0 Å². The third-order valence-electron chi connectivity index (χ3n) is 2.57. The highest BCUT2D eigenvalue weighted by molar-refractivity contribution is 7.99. The van der Waals surface area contributed by atoms with Crippen LogP contribution in [-0.2, 0) is 6.54 Å². The van der Waals surface area contributed by atoms with Gasteiger partial charge in [0.05, 0.1) is 5.02 Å². The van der Waals surface area contributed by atoms with E-state index in [9.17, 15) is 0 Å². The second-order valence-corrected chi connectivity index (χ2v) is 5.26. The summed E-state index contributed by atoms with van der Waals surface area (Å²) in [4.78, 5) is 2.28. The second kappa shape index (κ2) is 5.58. The van der Waals surface area contributed by atoms with Gasteiger partial charge >= 0.3 is 0 Å². The molecule has 0 radical (unpaired) electrons. The van der Waals surface area contributed by atoms with Crippen LogP contribution in [0.5, 0.6) is 0 Å². The molecule has 0 aromatic heterocycles. The molecule has 0 atom stereocenters. The summed E-state index contributed by atoms with van der Waals surface area (Å²) < 4.78 is 0. The monoisotopic (exact) mass is 263 g/mol. The van der Waals surface area contributed by atoms with Crippen molar-refractivity contribution < 1.29 is 0 Å². The Morgan fingerprint density at radius 1 is 1.12 bits per heavy atom. The number of hydrogen-bond acceptors (Lipinski definition) is 2. The van der Waals surface area contributed by atoms with Gasteiger partial charge in [-0.2, -0.15) is 0 Å². The number of hydrogen-bond donors (Lipinski definition) is 1. The molecule has 2 aromatic carbocycles. The van der Waals surface area contributed by atoms with Crippen molar-refractivity contribution in [3.05, 3.63) is 58.6 Å². The summed E-state index contributed by atoms with van der Waals surface area (Å²) in [5.74, 6) is 0. The maximum absolute atomic E-state index is 6.23. The van der Waals surface area contributed by atoms with Crippen molar-refractivity contribution in [2.24, 2.45) is 5.73 Å². The van der Waals surface area contributed by atoms with Gasteiger partial charge in [0, 0.05) is 16.3 Å². The van der Waals surface area contributed by atoms with Crippen LogP contribution in [0.2, 0.25) is 5.02 Å². The molecule has 0 amide bonds. The van der Waals surface area contributed by atoms with Crippen LogP contribution in [0.4, 0.5) is 0 Å². The fourth-order valence-corrected chi connectivity index (χ4v) is 2.96. The molecule has 0 heterocycles. The third kappa shape index (κ3) is 2.83. The third-order valence-corrected chi connectivity index (χ3v) is 4.37. The Hall–Kier alpha value is -0.960. The largest absolute Gasteiger partial charge is 0.326 e. The lowest BCUT2D eigenvalue weighted by Gasteiger charge is -2.11. The summed E-state index contributed by atoms with van der Waals surface area (Å²) in [7, 11) is 0. The summed E-state index contributed by atoms with van der Waals surface area (Å²) in [6.07, 6.45) is 0. The molecule has 88 valence electrons. The maximum Gasteiger partial charge on any atom is 0.0548 e. The van der Waals surface area contributed by atoms with Crippen molar-refractivity contribution in [1.29, 1.82) is 0 Å². The Balaban J connectivity index is 2.39. The van der Waals surface area contributed by atoms with Gasteiger partial charge in [-0.1, -0.05) is 53.7 Å². The molecule has 0 unspecified atom stereocenters. The van der Waals surface area contributed by atoms with Crippen molar-refractivity contribution in [2.45, 2.75) is 23.3 Å². The molecule has 0 saturated carbocycles. The van der Waals surface area contributed by atoms with Gasteiger partial charge < -0.3 is 5.73 Å². The Bertz CT molecular complexity index is 525. The number of aryl methyl sites for hydroxylation is 1. The fourth-order valence-electron chi connectivity index (χ4n) is 1.61. The van der Waals surface area contributed by atoms with Crippen LogP contribution in [0, 0.1) is 6.92 Å². The maximum atomic E-state index is 6.23. The topological polar surface area (TPSA) is 26.0 Å². The first-order chi connectivity index (χ1) is 8.22. The highest BCUT2D eigenvalue weighted by Crippen LogP contribution is 2.37. The van der Waals surface area contributed by atoms with Gasteiger partial charge in [-0.15, -0.1) is 0 Å². The normalized spacial score (nSPS) is 10.5. The zero-order valence-corrected chi connectivity index (χ0v) is 11.2. The fraction of sp³-hybridized carbons (Fsp3) is 0.143. The van der Waals surface area contributed by atoms with Crippen molar-refractivity contribution in [1.82, 2.24) is 0 Å². The highest BCUT2D eigenvalue weighted by Gasteiger charge is 2.08. The molecular weight excluding hydrogens is 250 g/mol. The van der Waals surface area contributed by atoms with E-state index >= 15 is 0 Å². The summed E-state index contributed by atoms with van der Waals surface area (Å²) in [6, 6.07) is 14.1. The summed E-state index contributed by atoms with van der Waals surface area (Å²) in [5.41, 5.74) is 8.08. The molecule has 3 heteroatoms. The minimum atomic E-state index is 0.509. The van der Waals surface area contributed by atoms with Crippen LogP contribution < -0.4 is 5.73 Å². The number of benzene rings is 2. The lowest BCUT2D eigenvalue weighted by molar-refractivity contribution is 1.03. The van der Waals surface area contributed by atoms with Crippen molar-refractivity contribution in [3.63, 3.8) is 0 Å². The highest BCUT2D eigenvalue weighted by atomic mass is 35.5. The molecule has 0 spiro atoms. The lowest BCUT2D eigenvalue weighted by atomic mass is 10.2. The van der Waals surface area contributed by atoms with E-state index in [-0.39, 0.29) is 0 Å². The smallest absolute Gasteiger partial charge is 0.0548 e. The summed E-state index contributed by atoms with van der Waals surface area (Å²) in [5, 5.41) is 0.765. The van der Waals surface area contributed by atoms with E-state index in [1.807, 2.05) is 30.3 Å². The number of halogens is 1. The summed E-state index contributed by atoms with van der Waals surface area (Å²) >= 11 is 7.91.